The van der Waals surface area contributed by atoms with E-state index >= 15 is 0 Å². The topological polar surface area (TPSA) is 74.4 Å². The number of rotatable bonds is 2. The maximum atomic E-state index is 12.4. The fourth-order valence-corrected chi connectivity index (χ4v) is 2.60. The van der Waals surface area contributed by atoms with E-state index in [2.05, 4.69) is 10.3 Å². The molecule has 0 spiro atoms. The third-order valence-electron chi connectivity index (χ3n) is 3.73. The van der Waals surface area contributed by atoms with Gasteiger partial charge in [-0.3, -0.25) is 4.79 Å². The maximum Gasteiger partial charge on any atom is 0.321 e. The summed E-state index contributed by atoms with van der Waals surface area (Å²) in [7, 11) is 1.55. The summed E-state index contributed by atoms with van der Waals surface area (Å²) in [6, 6.07) is 5.02. The number of para-hydroxylation sites is 1. The summed E-state index contributed by atoms with van der Waals surface area (Å²) in [5.41, 5.74) is 0.673. The Morgan fingerprint density at radius 3 is 2.81 bits per heavy atom. The number of pyridine rings is 1. The van der Waals surface area contributed by atoms with Crippen molar-refractivity contribution in [2.75, 3.05) is 25.5 Å². The molecule has 1 aliphatic rings. The van der Waals surface area contributed by atoms with Gasteiger partial charge in [0, 0.05) is 19.3 Å². The number of nitrogens with zero attached hydrogens (tertiary/aromatic N) is 1. The zero-order valence-electron chi connectivity index (χ0n) is 11.8. The second-order valence-corrected chi connectivity index (χ2v) is 5.04. The SMILES string of the molecule is COc1cccc2c(=O)c(NC(=O)N3CCCC3)c[nH]c12. The summed E-state index contributed by atoms with van der Waals surface area (Å²) < 4.78 is 5.22. The van der Waals surface area contributed by atoms with E-state index in [1.54, 1.807) is 30.2 Å². The third kappa shape index (κ3) is 2.44. The molecule has 2 amide bonds. The molecule has 3 rings (SSSR count). The average Bonchev–Trinajstić information content (AvgIpc) is 3.04. The zero-order chi connectivity index (χ0) is 14.8. The number of benzene rings is 1. The van der Waals surface area contributed by atoms with Gasteiger partial charge in [-0.15, -0.1) is 0 Å². The molecular weight excluding hydrogens is 270 g/mol. The van der Waals surface area contributed by atoms with Crippen LogP contribution in [0.3, 0.4) is 0 Å². The number of likely N-dealkylation sites (tertiary alicyclic amines) is 1. The predicted octanol–water partition coefficient (Wildman–Crippen LogP) is 2.16. The molecule has 0 unspecified atom stereocenters. The standard InChI is InChI=1S/C15H17N3O3/c1-21-12-6-4-5-10-13(12)16-9-11(14(10)19)17-15(20)18-7-2-3-8-18/h4-6,9H,2-3,7-8H2,1H3,(H,16,19)(H,17,20). The summed E-state index contributed by atoms with van der Waals surface area (Å²) >= 11 is 0. The van der Waals surface area contributed by atoms with Crippen molar-refractivity contribution >= 4 is 22.6 Å². The second-order valence-electron chi connectivity index (χ2n) is 5.04. The van der Waals surface area contributed by atoms with Crippen molar-refractivity contribution in [3.63, 3.8) is 0 Å². The Bertz CT molecular complexity index is 733. The number of amides is 2. The van der Waals surface area contributed by atoms with Crippen molar-refractivity contribution in [2.45, 2.75) is 12.8 Å². The molecule has 2 N–H and O–H groups in total. The molecule has 2 heterocycles. The minimum absolute atomic E-state index is 0.213. The number of urea groups is 1. The number of ether oxygens (including phenoxy) is 1. The number of carbonyl (C=O) groups excluding carboxylic acids is 1. The molecule has 110 valence electrons. The highest BCUT2D eigenvalue weighted by atomic mass is 16.5. The Kier molecular flexibility index (Phi) is 3.51. The van der Waals surface area contributed by atoms with Crippen LogP contribution in [-0.2, 0) is 0 Å². The summed E-state index contributed by atoms with van der Waals surface area (Å²) in [6.07, 6.45) is 3.54. The highest BCUT2D eigenvalue weighted by Crippen LogP contribution is 2.22. The fourth-order valence-electron chi connectivity index (χ4n) is 2.60. The van der Waals surface area contributed by atoms with Crippen LogP contribution in [0.5, 0.6) is 5.75 Å². The predicted molar refractivity (Wildman–Crippen MR) is 80.9 cm³/mol. The van der Waals surface area contributed by atoms with E-state index in [-0.39, 0.29) is 17.1 Å². The van der Waals surface area contributed by atoms with Crippen LogP contribution in [0.4, 0.5) is 10.5 Å². The van der Waals surface area contributed by atoms with Crippen molar-refractivity contribution in [3.05, 3.63) is 34.6 Å². The molecule has 2 aromatic rings. The first-order chi connectivity index (χ1) is 10.2. The first kappa shape index (κ1) is 13.5. The van der Waals surface area contributed by atoms with Gasteiger partial charge in [0.2, 0.25) is 5.43 Å². The highest BCUT2D eigenvalue weighted by molar-refractivity contribution is 5.93. The van der Waals surface area contributed by atoms with Crippen LogP contribution in [-0.4, -0.2) is 36.1 Å². The van der Waals surface area contributed by atoms with E-state index in [9.17, 15) is 9.59 Å². The summed E-state index contributed by atoms with van der Waals surface area (Å²) in [5, 5.41) is 3.18. The first-order valence-corrected chi connectivity index (χ1v) is 6.95. The van der Waals surface area contributed by atoms with Gasteiger partial charge in [-0.1, -0.05) is 6.07 Å². The van der Waals surface area contributed by atoms with Gasteiger partial charge in [0.05, 0.1) is 18.0 Å². The number of nitrogens with one attached hydrogen (secondary N) is 2. The quantitative estimate of drug-likeness (QED) is 0.889. The lowest BCUT2D eigenvalue weighted by molar-refractivity contribution is 0.222. The van der Waals surface area contributed by atoms with Crippen LogP contribution in [0.15, 0.2) is 29.2 Å². The van der Waals surface area contributed by atoms with Crippen molar-refractivity contribution < 1.29 is 9.53 Å². The maximum absolute atomic E-state index is 12.4. The normalized spacial score (nSPS) is 14.4. The largest absolute Gasteiger partial charge is 0.495 e. The molecule has 0 radical (unpaired) electrons. The van der Waals surface area contributed by atoms with Crippen LogP contribution in [0, 0.1) is 0 Å². The zero-order valence-corrected chi connectivity index (χ0v) is 11.8. The minimum Gasteiger partial charge on any atom is -0.495 e. The van der Waals surface area contributed by atoms with Gasteiger partial charge in [-0.2, -0.15) is 0 Å². The number of aromatic amines is 1. The molecule has 0 saturated carbocycles. The fraction of sp³-hybridized carbons (Fsp3) is 0.333. The second kappa shape index (κ2) is 5.47. The van der Waals surface area contributed by atoms with Crippen molar-refractivity contribution in [1.82, 2.24) is 9.88 Å². The minimum atomic E-state index is -0.222. The monoisotopic (exact) mass is 287 g/mol. The van der Waals surface area contributed by atoms with Crippen LogP contribution in [0.25, 0.3) is 10.9 Å². The summed E-state index contributed by atoms with van der Waals surface area (Å²) in [6.45, 7) is 1.48. The van der Waals surface area contributed by atoms with Gasteiger partial charge in [-0.25, -0.2) is 4.79 Å². The molecule has 1 aromatic carbocycles. The van der Waals surface area contributed by atoms with E-state index in [4.69, 9.17) is 4.74 Å². The van der Waals surface area contributed by atoms with E-state index in [1.165, 1.54) is 6.20 Å². The van der Waals surface area contributed by atoms with Gasteiger partial charge in [0.1, 0.15) is 11.4 Å². The summed E-state index contributed by atoms with van der Waals surface area (Å²) in [5.74, 6) is 0.599. The van der Waals surface area contributed by atoms with Crippen LogP contribution >= 0.6 is 0 Å². The molecule has 1 fully saturated rings. The van der Waals surface area contributed by atoms with Gasteiger partial charge in [0.25, 0.3) is 0 Å². The lowest BCUT2D eigenvalue weighted by Gasteiger charge is -2.16. The van der Waals surface area contributed by atoms with Gasteiger partial charge in [0.15, 0.2) is 0 Å². The molecule has 0 aliphatic carbocycles. The van der Waals surface area contributed by atoms with Crippen molar-refractivity contribution in [1.29, 1.82) is 0 Å². The van der Waals surface area contributed by atoms with Gasteiger partial charge in [-0.05, 0) is 25.0 Å². The molecule has 1 saturated heterocycles. The molecule has 0 atom stereocenters. The Hall–Kier alpha value is -2.50. The summed E-state index contributed by atoms with van der Waals surface area (Å²) in [4.78, 5) is 29.2. The molecular formula is C15H17N3O3. The molecule has 1 aromatic heterocycles. The number of hydrogen-bond donors (Lipinski definition) is 2. The lowest BCUT2D eigenvalue weighted by atomic mass is 10.2. The van der Waals surface area contributed by atoms with Gasteiger partial charge < -0.3 is 19.9 Å². The smallest absolute Gasteiger partial charge is 0.321 e. The molecule has 6 nitrogen and oxygen atoms in total. The number of aromatic nitrogens is 1. The number of methoxy groups -OCH3 is 1. The Labute approximate surface area is 121 Å². The molecule has 21 heavy (non-hydrogen) atoms. The highest BCUT2D eigenvalue weighted by Gasteiger charge is 2.19. The molecule has 1 aliphatic heterocycles. The van der Waals surface area contributed by atoms with E-state index in [0.717, 1.165) is 25.9 Å². The van der Waals surface area contributed by atoms with Crippen molar-refractivity contribution in [3.8, 4) is 5.75 Å². The Balaban J connectivity index is 1.95. The third-order valence-corrected chi connectivity index (χ3v) is 3.73. The Morgan fingerprint density at radius 1 is 1.33 bits per heavy atom. The van der Waals surface area contributed by atoms with E-state index in [0.29, 0.717) is 16.7 Å². The van der Waals surface area contributed by atoms with Crippen LogP contribution in [0.2, 0.25) is 0 Å². The van der Waals surface area contributed by atoms with Crippen LogP contribution in [0.1, 0.15) is 12.8 Å². The average molecular weight is 287 g/mol. The number of H-pyrrole nitrogens is 1. The molecule has 0 bridgehead atoms. The van der Waals surface area contributed by atoms with Crippen LogP contribution < -0.4 is 15.5 Å². The van der Waals surface area contributed by atoms with E-state index < -0.39 is 0 Å². The molecule has 6 heteroatoms. The number of fused-ring (bicyclic) bond motifs is 1. The number of carbonyl (C=O) groups is 1. The van der Waals surface area contributed by atoms with Crippen molar-refractivity contribution in [2.24, 2.45) is 0 Å². The Morgan fingerprint density at radius 2 is 2.10 bits per heavy atom. The van der Waals surface area contributed by atoms with Gasteiger partial charge >= 0.3 is 6.03 Å². The number of hydrogen-bond acceptors (Lipinski definition) is 3. The first-order valence-electron chi connectivity index (χ1n) is 6.95. The lowest BCUT2D eigenvalue weighted by Crippen LogP contribution is -2.33. The number of anilines is 1. The van der Waals surface area contributed by atoms with E-state index in [1.807, 2.05) is 0 Å².